The monoisotopic (exact) mass is 282 g/mol. The summed E-state index contributed by atoms with van der Waals surface area (Å²) in [5.74, 6) is -0.384. The fourth-order valence-corrected chi connectivity index (χ4v) is 2.57. The standard InChI is InChI=1S/C16H14N2OS/c1-2-14-8-9-15(20-14)10-12(11-17)16(19)18-13-6-4-3-5-7-13/h3-10H,2H2,1H3,(H,18,19)/b12-10+. The van der Waals surface area contributed by atoms with Crippen LogP contribution in [0.15, 0.2) is 48.0 Å². The molecule has 1 aromatic heterocycles. The van der Waals surface area contributed by atoms with Crippen LogP contribution in [0.3, 0.4) is 0 Å². The van der Waals surface area contributed by atoms with Crippen LogP contribution in [-0.4, -0.2) is 5.91 Å². The lowest BCUT2D eigenvalue weighted by molar-refractivity contribution is -0.112. The predicted octanol–water partition coefficient (Wildman–Crippen LogP) is 3.86. The first-order valence-electron chi connectivity index (χ1n) is 6.30. The molecule has 20 heavy (non-hydrogen) atoms. The Kier molecular flexibility index (Phi) is 4.70. The molecule has 0 aliphatic carbocycles. The Labute approximate surface area is 122 Å². The third kappa shape index (κ3) is 3.56. The second-order valence-electron chi connectivity index (χ2n) is 4.15. The molecule has 2 aromatic rings. The van der Waals surface area contributed by atoms with Crippen molar-refractivity contribution in [1.29, 1.82) is 5.26 Å². The van der Waals surface area contributed by atoms with E-state index in [4.69, 9.17) is 5.26 Å². The fourth-order valence-electron chi connectivity index (χ4n) is 1.67. The summed E-state index contributed by atoms with van der Waals surface area (Å²) >= 11 is 1.59. The van der Waals surface area contributed by atoms with E-state index in [1.54, 1.807) is 29.5 Å². The summed E-state index contributed by atoms with van der Waals surface area (Å²) in [7, 11) is 0. The number of hydrogen-bond acceptors (Lipinski definition) is 3. The zero-order valence-corrected chi connectivity index (χ0v) is 11.9. The highest BCUT2D eigenvalue weighted by molar-refractivity contribution is 7.12. The van der Waals surface area contributed by atoms with Crippen molar-refractivity contribution in [1.82, 2.24) is 0 Å². The molecule has 0 atom stereocenters. The molecule has 0 saturated heterocycles. The number of nitrogens with one attached hydrogen (secondary N) is 1. The zero-order valence-electron chi connectivity index (χ0n) is 11.1. The maximum Gasteiger partial charge on any atom is 0.266 e. The maximum atomic E-state index is 12.0. The van der Waals surface area contributed by atoms with Crippen LogP contribution in [0.25, 0.3) is 6.08 Å². The molecule has 1 amide bonds. The summed E-state index contributed by atoms with van der Waals surface area (Å²) in [4.78, 5) is 14.2. The number of nitriles is 1. The molecule has 0 aliphatic rings. The number of carbonyl (C=O) groups excluding carboxylic acids is 1. The summed E-state index contributed by atoms with van der Waals surface area (Å²) in [6.07, 6.45) is 2.58. The minimum Gasteiger partial charge on any atom is -0.321 e. The van der Waals surface area contributed by atoms with Gasteiger partial charge in [-0.2, -0.15) is 5.26 Å². The van der Waals surface area contributed by atoms with Gasteiger partial charge in [-0.25, -0.2) is 0 Å². The van der Waals surface area contributed by atoms with Gasteiger partial charge < -0.3 is 5.32 Å². The molecule has 0 saturated carbocycles. The van der Waals surface area contributed by atoms with Gasteiger partial charge in [-0.1, -0.05) is 25.1 Å². The third-order valence-electron chi connectivity index (χ3n) is 2.71. The molecular weight excluding hydrogens is 268 g/mol. The first-order chi connectivity index (χ1) is 9.72. The van der Waals surface area contributed by atoms with E-state index in [2.05, 4.69) is 12.2 Å². The molecule has 4 heteroatoms. The van der Waals surface area contributed by atoms with Crippen molar-refractivity contribution >= 4 is 29.0 Å². The summed E-state index contributed by atoms with van der Waals surface area (Å²) in [6.45, 7) is 2.08. The maximum absolute atomic E-state index is 12.0. The van der Waals surface area contributed by atoms with Gasteiger partial charge in [0.25, 0.3) is 5.91 Å². The van der Waals surface area contributed by atoms with Crippen molar-refractivity contribution in [2.24, 2.45) is 0 Å². The molecule has 100 valence electrons. The molecule has 0 unspecified atom stereocenters. The van der Waals surface area contributed by atoms with Gasteiger partial charge in [0.05, 0.1) is 0 Å². The molecule has 0 aliphatic heterocycles. The zero-order chi connectivity index (χ0) is 14.4. The Morgan fingerprint density at radius 1 is 1.30 bits per heavy atom. The van der Waals surface area contributed by atoms with Crippen molar-refractivity contribution in [3.63, 3.8) is 0 Å². The van der Waals surface area contributed by atoms with Crippen LogP contribution in [0.5, 0.6) is 0 Å². The third-order valence-corrected chi connectivity index (χ3v) is 3.89. The highest BCUT2D eigenvalue weighted by Gasteiger charge is 2.09. The molecule has 0 bridgehead atoms. The van der Waals surface area contributed by atoms with Crippen LogP contribution in [0.2, 0.25) is 0 Å². The number of para-hydroxylation sites is 1. The lowest BCUT2D eigenvalue weighted by Crippen LogP contribution is -2.13. The lowest BCUT2D eigenvalue weighted by Gasteiger charge is -2.03. The van der Waals surface area contributed by atoms with Crippen molar-refractivity contribution < 1.29 is 4.79 Å². The van der Waals surface area contributed by atoms with Crippen molar-refractivity contribution in [3.05, 3.63) is 57.8 Å². The van der Waals surface area contributed by atoms with Crippen LogP contribution in [0.4, 0.5) is 5.69 Å². The van der Waals surface area contributed by atoms with E-state index in [0.29, 0.717) is 5.69 Å². The van der Waals surface area contributed by atoms with Crippen molar-refractivity contribution in [3.8, 4) is 6.07 Å². The minimum absolute atomic E-state index is 0.110. The van der Waals surface area contributed by atoms with E-state index >= 15 is 0 Å². The average Bonchev–Trinajstić information content (AvgIpc) is 2.93. The van der Waals surface area contributed by atoms with Gasteiger partial charge in [-0.3, -0.25) is 4.79 Å². The average molecular weight is 282 g/mol. The number of nitrogens with zero attached hydrogens (tertiary/aromatic N) is 1. The summed E-state index contributed by atoms with van der Waals surface area (Å²) < 4.78 is 0. The molecule has 0 radical (unpaired) electrons. The summed E-state index contributed by atoms with van der Waals surface area (Å²) in [6, 6.07) is 15.0. The van der Waals surface area contributed by atoms with Crippen LogP contribution in [-0.2, 0) is 11.2 Å². The second-order valence-corrected chi connectivity index (χ2v) is 5.35. The topological polar surface area (TPSA) is 52.9 Å². The van der Waals surface area contributed by atoms with Gasteiger partial charge in [-0.15, -0.1) is 11.3 Å². The largest absolute Gasteiger partial charge is 0.321 e. The van der Waals surface area contributed by atoms with Gasteiger partial charge in [-0.05, 0) is 36.8 Å². The second kappa shape index (κ2) is 6.69. The SMILES string of the molecule is CCc1ccc(/C=C(\C#N)C(=O)Nc2ccccc2)s1. The number of carbonyl (C=O) groups is 1. The number of hydrogen-bond donors (Lipinski definition) is 1. The Hall–Kier alpha value is -2.38. The first-order valence-corrected chi connectivity index (χ1v) is 7.11. The highest BCUT2D eigenvalue weighted by atomic mass is 32.1. The number of aryl methyl sites for hydroxylation is 1. The molecule has 1 heterocycles. The van der Waals surface area contributed by atoms with Crippen LogP contribution in [0, 0.1) is 11.3 Å². The Bertz CT molecular complexity index is 665. The Morgan fingerprint density at radius 2 is 2.05 bits per heavy atom. The molecule has 3 nitrogen and oxygen atoms in total. The molecule has 2 rings (SSSR count). The molecule has 0 fully saturated rings. The van der Waals surface area contributed by atoms with Crippen LogP contribution < -0.4 is 5.32 Å². The number of anilines is 1. The normalized spacial score (nSPS) is 10.9. The molecule has 0 spiro atoms. The van der Waals surface area contributed by atoms with Gasteiger partial charge in [0.15, 0.2) is 0 Å². The number of amides is 1. The van der Waals surface area contributed by atoms with E-state index in [1.807, 2.05) is 36.4 Å². The van der Waals surface area contributed by atoms with E-state index in [-0.39, 0.29) is 11.5 Å². The predicted molar refractivity (Wildman–Crippen MR) is 82.4 cm³/mol. The minimum atomic E-state index is -0.384. The molecule has 1 aromatic carbocycles. The van der Waals surface area contributed by atoms with Crippen LogP contribution in [0.1, 0.15) is 16.7 Å². The number of rotatable bonds is 4. The van der Waals surface area contributed by atoms with E-state index in [9.17, 15) is 4.79 Å². The van der Waals surface area contributed by atoms with Crippen molar-refractivity contribution in [2.45, 2.75) is 13.3 Å². The van der Waals surface area contributed by atoms with Gasteiger partial charge in [0.2, 0.25) is 0 Å². The van der Waals surface area contributed by atoms with E-state index < -0.39 is 0 Å². The Balaban J connectivity index is 2.15. The molecular formula is C16H14N2OS. The van der Waals surface area contributed by atoms with E-state index in [0.717, 1.165) is 11.3 Å². The first kappa shape index (κ1) is 14.0. The number of thiophene rings is 1. The molecule has 1 N–H and O–H groups in total. The van der Waals surface area contributed by atoms with Gasteiger partial charge in [0, 0.05) is 15.4 Å². The van der Waals surface area contributed by atoms with Crippen molar-refractivity contribution in [2.75, 3.05) is 5.32 Å². The van der Waals surface area contributed by atoms with E-state index in [1.165, 1.54) is 4.88 Å². The number of benzene rings is 1. The smallest absolute Gasteiger partial charge is 0.266 e. The quantitative estimate of drug-likeness (QED) is 0.684. The fraction of sp³-hybridized carbons (Fsp3) is 0.125. The van der Waals surface area contributed by atoms with Crippen LogP contribution >= 0.6 is 11.3 Å². The van der Waals surface area contributed by atoms with Gasteiger partial charge >= 0.3 is 0 Å². The van der Waals surface area contributed by atoms with Gasteiger partial charge in [0.1, 0.15) is 11.6 Å². The summed E-state index contributed by atoms with van der Waals surface area (Å²) in [5, 5.41) is 11.8. The summed E-state index contributed by atoms with van der Waals surface area (Å²) in [5.41, 5.74) is 0.789. The Morgan fingerprint density at radius 3 is 2.65 bits per heavy atom. The lowest BCUT2D eigenvalue weighted by atomic mass is 10.2. The highest BCUT2D eigenvalue weighted by Crippen LogP contribution is 2.20.